The Hall–Kier alpha value is -2.55. The Labute approximate surface area is 102 Å². The van der Waals surface area contributed by atoms with Crippen molar-refractivity contribution >= 4 is 5.69 Å². The highest BCUT2D eigenvalue weighted by atomic mass is 19.2. The first-order valence-corrected chi connectivity index (χ1v) is 5.09. The normalized spacial score (nSPS) is 9.83. The lowest BCUT2D eigenvalue weighted by molar-refractivity contribution is 0.508. The highest BCUT2D eigenvalue weighted by Gasteiger charge is 2.12. The van der Waals surface area contributed by atoms with Gasteiger partial charge < -0.3 is 5.32 Å². The van der Waals surface area contributed by atoms with Crippen LogP contribution >= 0.6 is 0 Å². The summed E-state index contributed by atoms with van der Waals surface area (Å²) in [5.74, 6) is -2.21. The number of hydrogen-bond acceptors (Lipinski definition) is 4. The van der Waals surface area contributed by atoms with Crippen LogP contribution in [0, 0.1) is 23.0 Å². The molecule has 0 aliphatic heterocycles. The van der Waals surface area contributed by atoms with Gasteiger partial charge in [0.25, 0.3) is 0 Å². The fourth-order valence-electron chi connectivity index (χ4n) is 1.38. The molecule has 0 bridgehead atoms. The SMILES string of the molecule is N#Cc1ccc(NCc2ccncn2)c(F)c1F. The van der Waals surface area contributed by atoms with Gasteiger partial charge in [0.2, 0.25) is 0 Å². The first-order valence-electron chi connectivity index (χ1n) is 5.09. The summed E-state index contributed by atoms with van der Waals surface area (Å²) < 4.78 is 26.9. The molecule has 4 nitrogen and oxygen atoms in total. The highest BCUT2D eigenvalue weighted by Crippen LogP contribution is 2.20. The van der Waals surface area contributed by atoms with E-state index in [1.54, 1.807) is 18.3 Å². The molecule has 0 amide bonds. The Balaban J connectivity index is 2.16. The highest BCUT2D eigenvalue weighted by molar-refractivity contribution is 5.49. The maximum absolute atomic E-state index is 13.5. The van der Waals surface area contributed by atoms with Crippen molar-refractivity contribution in [3.8, 4) is 6.07 Å². The molecule has 2 rings (SSSR count). The Kier molecular flexibility index (Phi) is 3.44. The largest absolute Gasteiger partial charge is 0.377 e. The topological polar surface area (TPSA) is 61.6 Å². The predicted octanol–water partition coefficient (Wildman–Crippen LogP) is 2.24. The number of aromatic nitrogens is 2. The van der Waals surface area contributed by atoms with Crippen LogP contribution in [0.5, 0.6) is 0 Å². The van der Waals surface area contributed by atoms with E-state index in [2.05, 4.69) is 15.3 Å². The van der Waals surface area contributed by atoms with Gasteiger partial charge in [-0.2, -0.15) is 5.26 Å². The van der Waals surface area contributed by atoms with Crippen LogP contribution < -0.4 is 5.32 Å². The molecule has 0 aliphatic carbocycles. The van der Waals surface area contributed by atoms with Gasteiger partial charge in [0.15, 0.2) is 11.6 Å². The number of halogens is 2. The summed E-state index contributed by atoms with van der Waals surface area (Å²) in [6, 6.07) is 5.77. The molecule has 1 N–H and O–H groups in total. The van der Waals surface area contributed by atoms with Crippen molar-refractivity contribution in [2.24, 2.45) is 0 Å². The molecular formula is C12H8F2N4. The Bertz CT molecular complexity index is 593. The van der Waals surface area contributed by atoms with Gasteiger partial charge >= 0.3 is 0 Å². The Morgan fingerprint density at radius 3 is 2.72 bits per heavy atom. The van der Waals surface area contributed by atoms with Crippen molar-refractivity contribution < 1.29 is 8.78 Å². The van der Waals surface area contributed by atoms with Crippen LogP contribution in [0.2, 0.25) is 0 Å². The predicted molar refractivity (Wildman–Crippen MR) is 60.4 cm³/mol. The van der Waals surface area contributed by atoms with Crippen LogP contribution in [0.3, 0.4) is 0 Å². The molecular weight excluding hydrogens is 238 g/mol. The van der Waals surface area contributed by atoms with Gasteiger partial charge in [-0.15, -0.1) is 0 Å². The van der Waals surface area contributed by atoms with Crippen molar-refractivity contribution in [3.05, 3.63) is 53.6 Å². The number of nitrogens with zero attached hydrogens (tertiary/aromatic N) is 3. The van der Waals surface area contributed by atoms with Gasteiger partial charge in [-0.25, -0.2) is 18.7 Å². The van der Waals surface area contributed by atoms with Crippen LogP contribution in [-0.2, 0) is 6.54 Å². The van der Waals surface area contributed by atoms with Crippen LogP contribution in [0.1, 0.15) is 11.3 Å². The van der Waals surface area contributed by atoms with E-state index in [-0.39, 0.29) is 17.8 Å². The fraction of sp³-hybridized carbons (Fsp3) is 0.0833. The number of benzene rings is 1. The second kappa shape index (κ2) is 5.19. The minimum Gasteiger partial charge on any atom is -0.377 e. The zero-order valence-corrected chi connectivity index (χ0v) is 9.19. The molecule has 90 valence electrons. The van der Waals surface area contributed by atoms with E-state index in [0.29, 0.717) is 5.69 Å². The molecule has 1 aromatic carbocycles. The van der Waals surface area contributed by atoms with Crippen molar-refractivity contribution in [1.29, 1.82) is 5.26 Å². The molecule has 0 saturated heterocycles. The fourth-order valence-corrected chi connectivity index (χ4v) is 1.38. The van der Waals surface area contributed by atoms with Gasteiger partial charge in [-0.3, -0.25) is 0 Å². The average molecular weight is 246 g/mol. The maximum Gasteiger partial charge on any atom is 0.183 e. The van der Waals surface area contributed by atoms with Gasteiger partial charge in [0.1, 0.15) is 12.4 Å². The van der Waals surface area contributed by atoms with Gasteiger partial charge in [-0.05, 0) is 18.2 Å². The third-order valence-corrected chi connectivity index (χ3v) is 2.31. The standard InChI is InChI=1S/C12H8F2N4/c13-11-8(5-15)1-2-10(12(11)14)17-6-9-3-4-16-7-18-9/h1-4,7,17H,6H2. The molecule has 0 atom stereocenters. The molecule has 0 spiro atoms. The summed E-state index contributed by atoms with van der Waals surface area (Å²) in [6.45, 7) is 0.241. The molecule has 2 aromatic rings. The minimum absolute atomic E-state index is 0.00916. The van der Waals surface area contributed by atoms with E-state index in [9.17, 15) is 8.78 Å². The summed E-state index contributed by atoms with van der Waals surface area (Å²) in [4.78, 5) is 7.68. The van der Waals surface area contributed by atoms with E-state index >= 15 is 0 Å². The Morgan fingerprint density at radius 2 is 2.06 bits per heavy atom. The zero-order chi connectivity index (χ0) is 13.0. The summed E-state index contributed by atoms with van der Waals surface area (Å²) >= 11 is 0. The molecule has 0 radical (unpaired) electrons. The minimum atomic E-state index is -1.15. The molecule has 18 heavy (non-hydrogen) atoms. The van der Waals surface area contributed by atoms with Crippen LogP contribution in [0.15, 0.2) is 30.7 Å². The summed E-state index contributed by atoms with van der Waals surface area (Å²) in [5.41, 5.74) is 0.319. The molecule has 0 aliphatic rings. The average Bonchev–Trinajstić information content (AvgIpc) is 2.42. The van der Waals surface area contributed by atoms with Crippen molar-refractivity contribution in [2.45, 2.75) is 6.54 Å². The van der Waals surface area contributed by atoms with Crippen molar-refractivity contribution in [1.82, 2.24) is 9.97 Å². The van der Waals surface area contributed by atoms with E-state index in [0.717, 1.165) is 0 Å². The second-order valence-electron chi connectivity index (χ2n) is 3.45. The zero-order valence-electron chi connectivity index (χ0n) is 9.19. The monoisotopic (exact) mass is 246 g/mol. The van der Waals surface area contributed by atoms with E-state index in [1.807, 2.05) is 0 Å². The van der Waals surface area contributed by atoms with Crippen LogP contribution in [0.4, 0.5) is 14.5 Å². The van der Waals surface area contributed by atoms with Gasteiger partial charge in [-0.1, -0.05) is 0 Å². The van der Waals surface area contributed by atoms with E-state index < -0.39 is 11.6 Å². The van der Waals surface area contributed by atoms with E-state index in [4.69, 9.17) is 5.26 Å². The van der Waals surface area contributed by atoms with Gasteiger partial charge in [0.05, 0.1) is 23.5 Å². The smallest absolute Gasteiger partial charge is 0.183 e. The number of nitriles is 1. The summed E-state index contributed by atoms with van der Waals surface area (Å²) in [6.07, 6.45) is 2.92. The molecule has 0 saturated carbocycles. The molecule has 1 heterocycles. The Morgan fingerprint density at radius 1 is 1.22 bits per heavy atom. The number of nitrogens with one attached hydrogen (secondary N) is 1. The second-order valence-corrected chi connectivity index (χ2v) is 3.45. The van der Waals surface area contributed by atoms with Crippen molar-refractivity contribution in [2.75, 3.05) is 5.32 Å². The molecule has 1 aromatic heterocycles. The molecule has 0 fully saturated rings. The first kappa shape index (κ1) is 11.9. The number of hydrogen-bond donors (Lipinski definition) is 1. The third kappa shape index (κ3) is 2.40. The lowest BCUT2D eigenvalue weighted by atomic mass is 10.2. The first-order chi connectivity index (χ1) is 8.72. The molecule has 6 heteroatoms. The summed E-state index contributed by atoms with van der Waals surface area (Å²) in [5, 5.41) is 11.3. The third-order valence-electron chi connectivity index (χ3n) is 2.31. The van der Waals surface area contributed by atoms with Gasteiger partial charge in [0, 0.05) is 6.20 Å². The van der Waals surface area contributed by atoms with Crippen LogP contribution in [-0.4, -0.2) is 9.97 Å². The van der Waals surface area contributed by atoms with Crippen LogP contribution in [0.25, 0.3) is 0 Å². The lowest BCUT2D eigenvalue weighted by Gasteiger charge is -2.07. The lowest BCUT2D eigenvalue weighted by Crippen LogP contribution is -2.05. The maximum atomic E-state index is 13.5. The van der Waals surface area contributed by atoms with E-state index in [1.165, 1.54) is 18.5 Å². The van der Waals surface area contributed by atoms with Crippen molar-refractivity contribution in [3.63, 3.8) is 0 Å². The summed E-state index contributed by atoms with van der Waals surface area (Å²) in [7, 11) is 0. The number of anilines is 1. The molecule has 0 unspecified atom stereocenters. The quantitative estimate of drug-likeness (QED) is 0.902. The number of rotatable bonds is 3.